The van der Waals surface area contributed by atoms with E-state index in [1.165, 1.54) is 11.1 Å². The highest BCUT2D eigenvalue weighted by Crippen LogP contribution is 2.46. The predicted molar refractivity (Wildman–Crippen MR) is 191 cm³/mol. The summed E-state index contributed by atoms with van der Waals surface area (Å²) in [5.74, 6) is -0.601. The molecule has 5 rings (SSSR count). The van der Waals surface area contributed by atoms with E-state index in [1.54, 1.807) is 12.1 Å². The second-order valence-corrected chi connectivity index (χ2v) is 15.7. The van der Waals surface area contributed by atoms with Crippen LogP contribution in [0.1, 0.15) is 107 Å². The molecule has 2 aliphatic rings. The molecule has 0 amide bonds. The van der Waals surface area contributed by atoms with Gasteiger partial charge in [-0.15, -0.1) is 0 Å². The first-order valence-corrected chi connectivity index (χ1v) is 17.5. The summed E-state index contributed by atoms with van der Waals surface area (Å²) >= 11 is 0. The Bertz CT molecular complexity index is 1630. The number of pyridine rings is 1. The number of fused-ring (bicyclic) bond motifs is 1. The number of nitrogens with two attached hydrogens (primary N) is 1. The minimum atomic E-state index is -0.948. The van der Waals surface area contributed by atoms with Gasteiger partial charge in [0.15, 0.2) is 6.10 Å². The van der Waals surface area contributed by atoms with E-state index in [9.17, 15) is 9.18 Å². The Balaban J connectivity index is 1.61. The monoisotopic (exact) mass is 658 g/mol. The van der Waals surface area contributed by atoms with Crippen molar-refractivity contribution in [2.45, 2.75) is 119 Å². The van der Waals surface area contributed by atoms with Gasteiger partial charge >= 0.3 is 5.97 Å². The summed E-state index contributed by atoms with van der Waals surface area (Å²) in [5, 5.41) is 0. The van der Waals surface area contributed by atoms with Crippen LogP contribution in [-0.2, 0) is 40.3 Å². The predicted octanol–water partition coefficient (Wildman–Crippen LogP) is 7.96. The van der Waals surface area contributed by atoms with Crippen LogP contribution in [0, 0.1) is 25.1 Å². The number of carbonyl (C=O) groups is 1. The molecule has 3 heterocycles. The third-order valence-corrected chi connectivity index (χ3v) is 9.68. The molecule has 7 nitrogen and oxygen atoms in total. The van der Waals surface area contributed by atoms with Crippen LogP contribution in [0.3, 0.4) is 0 Å². The van der Waals surface area contributed by atoms with E-state index in [-0.39, 0.29) is 23.9 Å². The van der Waals surface area contributed by atoms with Crippen LogP contribution < -0.4 is 10.6 Å². The number of piperidine rings is 1. The van der Waals surface area contributed by atoms with Gasteiger partial charge < -0.3 is 20.1 Å². The largest absolute Gasteiger partial charge is 0.461 e. The molecule has 1 fully saturated rings. The van der Waals surface area contributed by atoms with Gasteiger partial charge in [0, 0.05) is 56.1 Å². The van der Waals surface area contributed by atoms with Gasteiger partial charge in [-0.25, -0.2) is 9.18 Å². The minimum absolute atomic E-state index is 0.195. The summed E-state index contributed by atoms with van der Waals surface area (Å²) in [6.07, 6.45) is 1.72. The molecule has 0 spiro atoms. The molecule has 260 valence electrons. The highest BCUT2D eigenvalue weighted by molar-refractivity contribution is 5.89. The van der Waals surface area contributed by atoms with E-state index in [2.05, 4.69) is 41.8 Å². The van der Waals surface area contributed by atoms with Gasteiger partial charge in [0.2, 0.25) is 0 Å². The summed E-state index contributed by atoms with van der Waals surface area (Å²) in [7, 11) is 0. The normalized spacial score (nSPS) is 17.4. The van der Waals surface area contributed by atoms with Crippen LogP contribution in [-0.4, -0.2) is 47.2 Å². The van der Waals surface area contributed by atoms with Crippen molar-refractivity contribution in [3.05, 3.63) is 81.4 Å². The smallest absolute Gasteiger partial charge is 0.340 e. The molecular formula is C40H55FN4O3. The molecule has 1 atom stereocenters. The average Bonchev–Trinajstić information content (AvgIpc) is 3.00. The highest BCUT2D eigenvalue weighted by atomic mass is 19.1. The summed E-state index contributed by atoms with van der Waals surface area (Å²) < 4.78 is 26.1. The number of halogens is 1. The Morgan fingerprint density at radius 1 is 1.04 bits per heavy atom. The lowest BCUT2D eigenvalue weighted by atomic mass is 9.81. The standard InChI is InChI=1S/C40H55FN4O3/c1-25(2)47-38(46)37(48-39(5,6)7)34-27(4)43-33(22-42)35(36(34)45-18-15-40(8,9)16-19-45)29-10-11-31-24-44(17-14-28(31)21-29)23-30-12-13-32(41)20-26(30)3/h10-13,20-21,25,37H,14-19,22-24,42H2,1-9H3/t37-/m0/s1. The summed E-state index contributed by atoms with van der Waals surface area (Å²) in [6.45, 7) is 22.7. The molecule has 0 unspecified atom stereocenters. The number of benzene rings is 2. The first-order chi connectivity index (χ1) is 22.5. The van der Waals surface area contributed by atoms with Crippen LogP contribution in [0.5, 0.6) is 0 Å². The van der Waals surface area contributed by atoms with E-state index in [1.807, 2.05) is 54.5 Å². The molecule has 2 N–H and O–H groups in total. The summed E-state index contributed by atoms with van der Waals surface area (Å²) in [6, 6.07) is 11.8. The van der Waals surface area contributed by atoms with Gasteiger partial charge in [-0.1, -0.05) is 38.1 Å². The van der Waals surface area contributed by atoms with Crippen molar-refractivity contribution in [2.75, 3.05) is 24.5 Å². The molecule has 1 aromatic heterocycles. The van der Waals surface area contributed by atoms with Crippen molar-refractivity contribution in [3.8, 4) is 11.1 Å². The number of rotatable bonds is 9. The lowest BCUT2D eigenvalue weighted by Gasteiger charge is -2.41. The average molecular weight is 659 g/mol. The number of aryl methyl sites for hydroxylation is 2. The molecule has 0 aliphatic carbocycles. The van der Waals surface area contributed by atoms with E-state index in [0.29, 0.717) is 0 Å². The molecule has 0 bridgehead atoms. The molecule has 1 saturated heterocycles. The molecule has 3 aromatic rings. The van der Waals surface area contributed by atoms with Crippen LogP contribution >= 0.6 is 0 Å². The van der Waals surface area contributed by atoms with Crippen molar-refractivity contribution >= 4 is 11.7 Å². The van der Waals surface area contributed by atoms with E-state index >= 15 is 0 Å². The first kappa shape index (κ1) is 36.0. The zero-order chi connectivity index (χ0) is 35.0. The van der Waals surface area contributed by atoms with Crippen molar-refractivity contribution in [1.82, 2.24) is 9.88 Å². The van der Waals surface area contributed by atoms with Crippen molar-refractivity contribution in [2.24, 2.45) is 11.1 Å². The summed E-state index contributed by atoms with van der Waals surface area (Å²) in [5.41, 5.74) is 16.1. The lowest BCUT2D eigenvalue weighted by molar-refractivity contribution is -0.171. The third kappa shape index (κ3) is 8.27. The number of aromatic nitrogens is 1. The SMILES string of the molecule is Cc1cc(F)ccc1CN1CCc2cc(-c3c(CN)nc(C)c([C@H](OC(C)(C)C)C(=O)OC(C)C)c3N3CCC(C)(C)CC3)ccc2C1. The molecule has 48 heavy (non-hydrogen) atoms. The number of carbonyl (C=O) groups excluding carboxylic acids is 1. The molecule has 8 heteroatoms. The third-order valence-electron chi connectivity index (χ3n) is 9.68. The van der Waals surface area contributed by atoms with Crippen molar-refractivity contribution < 1.29 is 18.7 Å². The Morgan fingerprint density at radius 2 is 1.75 bits per heavy atom. The van der Waals surface area contributed by atoms with Gasteiger partial charge in [-0.05, 0) is 113 Å². The maximum Gasteiger partial charge on any atom is 0.340 e. The topological polar surface area (TPSA) is 80.9 Å². The fraction of sp³-hybridized carbons (Fsp3) is 0.550. The zero-order valence-electron chi connectivity index (χ0n) is 30.5. The number of hydrogen-bond acceptors (Lipinski definition) is 7. The Hall–Kier alpha value is -3.33. The van der Waals surface area contributed by atoms with Crippen molar-refractivity contribution in [1.29, 1.82) is 0 Å². The second kappa shape index (κ2) is 14.3. The van der Waals surface area contributed by atoms with Crippen LogP contribution in [0.4, 0.5) is 10.1 Å². The Labute approximate surface area is 287 Å². The number of ether oxygens (including phenoxy) is 2. The van der Waals surface area contributed by atoms with Crippen LogP contribution in [0.25, 0.3) is 11.1 Å². The van der Waals surface area contributed by atoms with E-state index in [4.69, 9.17) is 20.2 Å². The summed E-state index contributed by atoms with van der Waals surface area (Å²) in [4.78, 5) is 23.8. The quantitative estimate of drug-likeness (QED) is 0.234. The van der Waals surface area contributed by atoms with Gasteiger partial charge in [0.1, 0.15) is 5.82 Å². The Kier molecular flexibility index (Phi) is 10.7. The van der Waals surface area contributed by atoms with Gasteiger partial charge in [-0.2, -0.15) is 0 Å². The van der Waals surface area contributed by atoms with Gasteiger partial charge in [-0.3, -0.25) is 9.88 Å². The second-order valence-electron chi connectivity index (χ2n) is 15.7. The Morgan fingerprint density at radius 3 is 2.38 bits per heavy atom. The highest BCUT2D eigenvalue weighted by Gasteiger charge is 2.38. The fourth-order valence-corrected chi connectivity index (χ4v) is 7.04. The number of esters is 1. The molecule has 2 aliphatic heterocycles. The maximum absolute atomic E-state index is 13.9. The van der Waals surface area contributed by atoms with Crippen LogP contribution in [0.15, 0.2) is 36.4 Å². The molecule has 0 radical (unpaired) electrons. The van der Waals surface area contributed by atoms with Crippen molar-refractivity contribution in [3.63, 3.8) is 0 Å². The van der Waals surface area contributed by atoms with E-state index < -0.39 is 17.7 Å². The zero-order valence-corrected chi connectivity index (χ0v) is 30.5. The van der Waals surface area contributed by atoms with Gasteiger partial charge in [0.05, 0.1) is 23.1 Å². The maximum atomic E-state index is 13.9. The van der Waals surface area contributed by atoms with Crippen LogP contribution in [0.2, 0.25) is 0 Å². The number of nitrogens with zero attached hydrogens (tertiary/aromatic N) is 3. The van der Waals surface area contributed by atoms with Gasteiger partial charge in [0.25, 0.3) is 0 Å². The molecule has 0 saturated carbocycles. The lowest BCUT2D eigenvalue weighted by Crippen LogP contribution is -2.40. The first-order valence-electron chi connectivity index (χ1n) is 17.5. The minimum Gasteiger partial charge on any atom is -0.461 e. The number of hydrogen-bond donors (Lipinski definition) is 1. The fourth-order valence-electron chi connectivity index (χ4n) is 7.04. The number of anilines is 1. The van der Waals surface area contributed by atoms with E-state index in [0.717, 1.165) is 96.9 Å². The molecule has 2 aromatic carbocycles. The molecular weight excluding hydrogens is 603 g/mol.